The summed E-state index contributed by atoms with van der Waals surface area (Å²) in [6.45, 7) is 0.567. The number of ether oxygens (including phenoxy) is 1. The maximum Gasteiger partial charge on any atom is 0.312 e. The maximum atomic E-state index is 11.7. The lowest BCUT2D eigenvalue weighted by atomic mass is 9.75. The van der Waals surface area contributed by atoms with Crippen LogP contribution >= 0.6 is 11.3 Å². The first-order valence-corrected chi connectivity index (χ1v) is 6.89. The van der Waals surface area contributed by atoms with E-state index in [0.717, 1.165) is 18.5 Å². The Morgan fingerprint density at radius 1 is 1.65 bits per heavy atom. The predicted octanol–water partition coefficient (Wildman–Crippen LogP) is 1.96. The van der Waals surface area contributed by atoms with Crippen LogP contribution in [0.1, 0.15) is 25.0 Å². The molecule has 1 aliphatic carbocycles. The second-order valence-electron chi connectivity index (χ2n) is 5.00. The van der Waals surface area contributed by atoms with Crippen LogP contribution in [-0.4, -0.2) is 28.8 Å². The van der Waals surface area contributed by atoms with Gasteiger partial charge in [-0.1, -0.05) is 0 Å². The Labute approximate surface area is 104 Å². The van der Waals surface area contributed by atoms with Gasteiger partial charge in [0.25, 0.3) is 0 Å². The highest BCUT2D eigenvalue weighted by Gasteiger charge is 2.56. The van der Waals surface area contributed by atoms with Gasteiger partial charge in [0, 0.05) is 18.4 Å². The van der Waals surface area contributed by atoms with Crippen LogP contribution in [0, 0.1) is 11.3 Å². The lowest BCUT2D eigenvalue weighted by molar-refractivity contribution is -0.153. The third kappa shape index (κ3) is 1.87. The molecule has 1 saturated heterocycles. The zero-order valence-electron chi connectivity index (χ0n) is 9.46. The molecule has 2 fully saturated rings. The number of aliphatic carboxylic acids is 1. The molecular weight excluding hydrogens is 238 g/mol. The summed E-state index contributed by atoms with van der Waals surface area (Å²) in [5.41, 5.74) is 1.90. The van der Waals surface area contributed by atoms with E-state index in [1.165, 1.54) is 11.3 Å². The number of thiazole rings is 1. The van der Waals surface area contributed by atoms with Gasteiger partial charge < -0.3 is 9.84 Å². The van der Waals surface area contributed by atoms with Crippen molar-refractivity contribution in [3.8, 4) is 0 Å². The molecule has 1 N–H and O–H groups in total. The van der Waals surface area contributed by atoms with E-state index in [9.17, 15) is 9.90 Å². The summed E-state index contributed by atoms with van der Waals surface area (Å²) in [5.74, 6) is -0.271. The molecule has 1 saturated carbocycles. The van der Waals surface area contributed by atoms with Gasteiger partial charge in [-0.2, -0.15) is 0 Å². The van der Waals surface area contributed by atoms with Crippen LogP contribution in [-0.2, 0) is 16.0 Å². The molecule has 2 aliphatic rings. The summed E-state index contributed by atoms with van der Waals surface area (Å²) in [7, 11) is 0. The number of hydrogen-bond donors (Lipinski definition) is 1. The van der Waals surface area contributed by atoms with E-state index >= 15 is 0 Å². The normalized spacial score (nSPS) is 32.8. The first-order valence-electron chi connectivity index (χ1n) is 5.94. The molecule has 4 nitrogen and oxygen atoms in total. The molecule has 0 amide bonds. The van der Waals surface area contributed by atoms with E-state index in [-0.39, 0.29) is 6.10 Å². The topological polar surface area (TPSA) is 59.4 Å². The number of nitrogens with zero attached hydrogens (tertiary/aromatic N) is 1. The van der Waals surface area contributed by atoms with Gasteiger partial charge in [0.05, 0.1) is 17.3 Å². The molecule has 2 unspecified atom stereocenters. The van der Waals surface area contributed by atoms with Gasteiger partial charge in [-0.25, -0.2) is 4.98 Å². The fourth-order valence-electron chi connectivity index (χ4n) is 2.80. The first kappa shape index (κ1) is 11.2. The minimum absolute atomic E-state index is 0.110. The Balaban J connectivity index is 1.88. The van der Waals surface area contributed by atoms with Gasteiger partial charge in [-0.15, -0.1) is 11.3 Å². The van der Waals surface area contributed by atoms with Crippen molar-refractivity contribution < 1.29 is 14.6 Å². The molecule has 3 rings (SSSR count). The van der Waals surface area contributed by atoms with Crippen LogP contribution < -0.4 is 0 Å². The molecule has 2 heterocycles. The minimum atomic E-state index is -0.741. The molecule has 92 valence electrons. The molecule has 1 aromatic heterocycles. The summed E-state index contributed by atoms with van der Waals surface area (Å²) in [6.07, 6.45) is 3.23. The molecule has 1 aromatic rings. The summed E-state index contributed by atoms with van der Waals surface area (Å²) in [6, 6.07) is 0. The Kier molecular flexibility index (Phi) is 2.67. The first-order chi connectivity index (χ1) is 8.22. The Bertz CT molecular complexity index is 415. The Morgan fingerprint density at radius 2 is 2.47 bits per heavy atom. The molecule has 0 spiro atoms. The van der Waals surface area contributed by atoms with E-state index < -0.39 is 11.4 Å². The molecular formula is C12H15NO3S. The van der Waals surface area contributed by atoms with Crippen molar-refractivity contribution in [1.82, 2.24) is 4.98 Å². The molecule has 1 aliphatic heterocycles. The van der Waals surface area contributed by atoms with Crippen LogP contribution in [0.4, 0.5) is 0 Å². The average Bonchev–Trinajstić information content (AvgIpc) is 2.86. The average molecular weight is 253 g/mol. The molecule has 0 bridgehead atoms. The van der Waals surface area contributed by atoms with Gasteiger partial charge in [-0.3, -0.25) is 4.79 Å². The van der Waals surface area contributed by atoms with Crippen molar-refractivity contribution in [2.45, 2.75) is 31.8 Å². The molecule has 0 aromatic carbocycles. The van der Waals surface area contributed by atoms with E-state index in [1.54, 1.807) is 5.51 Å². The summed E-state index contributed by atoms with van der Waals surface area (Å²) in [5, 5.41) is 11.5. The predicted molar refractivity (Wildman–Crippen MR) is 63.0 cm³/mol. The molecule has 0 radical (unpaired) electrons. The highest BCUT2D eigenvalue weighted by atomic mass is 32.1. The van der Waals surface area contributed by atoms with Gasteiger partial charge in [0.2, 0.25) is 0 Å². The van der Waals surface area contributed by atoms with Gasteiger partial charge in [0.15, 0.2) is 0 Å². The fourth-order valence-corrected chi connectivity index (χ4v) is 3.36. The number of hydrogen-bond acceptors (Lipinski definition) is 4. The van der Waals surface area contributed by atoms with Crippen LogP contribution in [0.5, 0.6) is 0 Å². The highest BCUT2D eigenvalue weighted by molar-refractivity contribution is 7.07. The number of rotatable bonds is 4. The van der Waals surface area contributed by atoms with Crippen molar-refractivity contribution in [3.63, 3.8) is 0 Å². The third-order valence-corrected chi connectivity index (χ3v) is 4.48. The van der Waals surface area contributed by atoms with Crippen molar-refractivity contribution >= 4 is 17.3 Å². The van der Waals surface area contributed by atoms with E-state index in [2.05, 4.69) is 4.98 Å². The Hall–Kier alpha value is -0.940. The largest absolute Gasteiger partial charge is 0.481 e. The van der Waals surface area contributed by atoms with Crippen molar-refractivity contribution in [3.05, 3.63) is 16.6 Å². The standard InChI is InChI=1S/C12H15NO3S/c14-11(15)12(5-9-6-17-7-13-9)3-4-16-10(12)8-1-2-8/h6-8,10H,1-5H2,(H,14,15). The number of carboxylic acids is 1. The van der Waals surface area contributed by atoms with Crippen LogP contribution in [0.25, 0.3) is 0 Å². The summed E-state index contributed by atoms with van der Waals surface area (Å²) in [4.78, 5) is 15.9. The molecule has 5 heteroatoms. The lowest BCUT2D eigenvalue weighted by Gasteiger charge is -2.29. The monoisotopic (exact) mass is 253 g/mol. The smallest absolute Gasteiger partial charge is 0.312 e. The van der Waals surface area contributed by atoms with Crippen molar-refractivity contribution in [2.75, 3.05) is 6.61 Å². The van der Waals surface area contributed by atoms with Crippen molar-refractivity contribution in [2.24, 2.45) is 11.3 Å². The highest BCUT2D eigenvalue weighted by Crippen LogP contribution is 2.49. The molecule has 2 atom stereocenters. The fraction of sp³-hybridized carbons (Fsp3) is 0.667. The zero-order chi connectivity index (χ0) is 11.9. The van der Waals surface area contributed by atoms with Crippen LogP contribution in [0.15, 0.2) is 10.9 Å². The lowest BCUT2D eigenvalue weighted by Crippen LogP contribution is -2.42. The summed E-state index contributed by atoms with van der Waals surface area (Å²) >= 11 is 1.51. The second kappa shape index (κ2) is 4.07. The van der Waals surface area contributed by atoms with E-state index in [1.807, 2.05) is 5.38 Å². The van der Waals surface area contributed by atoms with Crippen LogP contribution in [0.3, 0.4) is 0 Å². The van der Waals surface area contributed by atoms with Crippen LogP contribution in [0.2, 0.25) is 0 Å². The minimum Gasteiger partial charge on any atom is -0.481 e. The number of aromatic nitrogens is 1. The second-order valence-corrected chi connectivity index (χ2v) is 5.72. The Morgan fingerprint density at radius 3 is 3.06 bits per heavy atom. The van der Waals surface area contributed by atoms with Gasteiger partial charge in [0.1, 0.15) is 5.41 Å². The molecule has 17 heavy (non-hydrogen) atoms. The maximum absolute atomic E-state index is 11.7. The summed E-state index contributed by atoms with van der Waals surface area (Å²) < 4.78 is 5.70. The van der Waals surface area contributed by atoms with Crippen molar-refractivity contribution in [1.29, 1.82) is 0 Å². The van der Waals surface area contributed by atoms with Gasteiger partial charge in [-0.05, 0) is 25.2 Å². The number of carbonyl (C=O) groups is 1. The van der Waals surface area contributed by atoms with E-state index in [4.69, 9.17) is 4.74 Å². The van der Waals surface area contributed by atoms with E-state index in [0.29, 0.717) is 25.4 Å². The number of carboxylic acid groups (broad SMARTS) is 1. The quantitative estimate of drug-likeness (QED) is 0.891. The SMILES string of the molecule is O=C(O)C1(Cc2cscn2)CCOC1C1CC1. The third-order valence-electron chi connectivity index (χ3n) is 3.85. The van der Waals surface area contributed by atoms with Gasteiger partial charge >= 0.3 is 5.97 Å². The zero-order valence-corrected chi connectivity index (χ0v) is 10.3.